The number of nitriles is 1. The van der Waals surface area contributed by atoms with Crippen molar-refractivity contribution < 1.29 is 4.79 Å². The Labute approximate surface area is 133 Å². The molecule has 0 saturated carbocycles. The molecular weight excluding hydrogens is 294 g/mol. The predicted molar refractivity (Wildman–Crippen MR) is 82.7 cm³/mol. The van der Waals surface area contributed by atoms with Crippen LogP contribution in [0.15, 0.2) is 24.5 Å². The monoisotopic (exact) mass is 311 g/mol. The van der Waals surface area contributed by atoms with Gasteiger partial charge in [-0.05, 0) is 25.0 Å². The molecule has 0 atom stereocenters. The molecule has 8 heteroatoms. The van der Waals surface area contributed by atoms with Crippen LogP contribution in [-0.2, 0) is 7.05 Å². The molecule has 0 aliphatic carbocycles. The second kappa shape index (κ2) is 6.44. The zero-order valence-electron chi connectivity index (χ0n) is 12.8. The molecular formula is C15H17N7O. The summed E-state index contributed by atoms with van der Waals surface area (Å²) in [4.78, 5) is 22.6. The van der Waals surface area contributed by atoms with Crippen LogP contribution in [0, 0.1) is 11.3 Å². The Hall–Kier alpha value is -2.95. The lowest BCUT2D eigenvalue weighted by atomic mass is 10.1. The number of aromatic nitrogens is 4. The second-order valence-corrected chi connectivity index (χ2v) is 5.43. The Kier molecular flexibility index (Phi) is 4.19. The summed E-state index contributed by atoms with van der Waals surface area (Å²) in [5, 5.41) is 15.9. The van der Waals surface area contributed by atoms with Crippen molar-refractivity contribution in [2.45, 2.75) is 18.9 Å². The molecule has 3 heterocycles. The average molecular weight is 311 g/mol. The van der Waals surface area contributed by atoms with E-state index in [1.165, 1.54) is 0 Å². The Balaban J connectivity index is 1.57. The molecule has 1 aliphatic heterocycles. The smallest absolute Gasteiger partial charge is 0.269 e. The van der Waals surface area contributed by atoms with E-state index < -0.39 is 0 Å². The van der Waals surface area contributed by atoms with E-state index in [0.717, 1.165) is 25.9 Å². The number of nitrogens with one attached hydrogen (secondary N) is 1. The molecule has 8 nitrogen and oxygen atoms in total. The first-order chi connectivity index (χ1) is 11.2. The number of rotatable bonds is 3. The predicted octanol–water partition coefficient (Wildman–Crippen LogP) is 0.481. The molecule has 0 unspecified atom stereocenters. The number of anilines is 1. The average Bonchev–Trinajstić information content (AvgIpc) is 3.02. The van der Waals surface area contributed by atoms with Gasteiger partial charge in [0.05, 0.1) is 0 Å². The first-order valence-electron chi connectivity index (χ1n) is 7.44. The highest BCUT2D eigenvalue weighted by molar-refractivity contribution is 5.92. The highest BCUT2D eigenvalue weighted by Crippen LogP contribution is 2.16. The van der Waals surface area contributed by atoms with Crippen molar-refractivity contribution in [2.75, 3.05) is 18.0 Å². The third-order valence-electron chi connectivity index (χ3n) is 3.92. The van der Waals surface area contributed by atoms with Crippen molar-refractivity contribution in [3.05, 3.63) is 35.9 Å². The molecule has 1 fully saturated rings. The molecule has 0 aromatic carbocycles. The number of piperidine rings is 1. The number of amides is 1. The van der Waals surface area contributed by atoms with Gasteiger partial charge >= 0.3 is 0 Å². The van der Waals surface area contributed by atoms with Gasteiger partial charge < -0.3 is 10.2 Å². The minimum absolute atomic E-state index is 0.105. The van der Waals surface area contributed by atoms with Gasteiger partial charge in [-0.1, -0.05) is 0 Å². The third-order valence-corrected chi connectivity index (χ3v) is 3.92. The number of carbonyl (C=O) groups excluding carboxylic acids is 1. The maximum atomic E-state index is 12.2. The third kappa shape index (κ3) is 3.29. The number of carbonyl (C=O) groups is 1. The van der Waals surface area contributed by atoms with Gasteiger partial charge in [0.25, 0.3) is 5.91 Å². The van der Waals surface area contributed by atoms with Gasteiger partial charge in [0.15, 0.2) is 0 Å². The van der Waals surface area contributed by atoms with Crippen molar-refractivity contribution in [1.29, 1.82) is 5.26 Å². The summed E-state index contributed by atoms with van der Waals surface area (Å²) in [6.45, 7) is 1.48. The van der Waals surface area contributed by atoms with E-state index in [-0.39, 0.29) is 11.9 Å². The van der Waals surface area contributed by atoms with Crippen LogP contribution in [0.25, 0.3) is 0 Å². The van der Waals surface area contributed by atoms with Crippen LogP contribution in [0.4, 0.5) is 5.95 Å². The summed E-state index contributed by atoms with van der Waals surface area (Å²) < 4.78 is 1.56. The summed E-state index contributed by atoms with van der Waals surface area (Å²) in [5.74, 6) is 0.464. The molecule has 1 saturated heterocycles. The maximum absolute atomic E-state index is 12.2. The summed E-state index contributed by atoms with van der Waals surface area (Å²) in [5.41, 5.74) is 0.916. The summed E-state index contributed by atoms with van der Waals surface area (Å²) >= 11 is 0. The fourth-order valence-electron chi connectivity index (χ4n) is 2.64. The lowest BCUT2D eigenvalue weighted by Crippen LogP contribution is -2.45. The van der Waals surface area contributed by atoms with Crippen LogP contribution in [0.2, 0.25) is 0 Å². The van der Waals surface area contributed by atoms with E-state index in [0.29, 0.717) is 17.3 Å². The van der Waals surface area contributed by atoms with Crippen LogP contribution in [-0.4, -0.2) is 44.8 Å². The van der Waals surface area contributed by atoms with Gasteiger partial charge in [-0.3, -0.25) is 9.48 Å². The molecule has 1 amide bonds. The molecule has 1 N–H and O–H groups in total. The highest BCUT2D eigenvalue weighted by atomic mass is 16.2. The molecule has 0 radical (unpaired) electrons. The number of aryl methyl sites for hydroxylation is 1. The van der Waals surface area contributed by atoms with Gasteiger partial charge in [-0.15, -0.1) is 0 Å². The highest BCUT2D eigenvalue weighted by Gasteiger charge is 2.23. The molecule has 1 aliphatic rings. The first kappa shape index (κ1) is 15.0. The summed E-state index contributed by atoms with van der Waals surface area (Å²) in [6, 6.07) is 5.43. The van der Waals surface area contributed by atoms with Gasteiger partial charge in [0.2, 0.25) is 5.95 Å². The summed E-state index contributed by atoms with van der Waals surface area (Å²) in [6.07, 6.45) is 4.82. The Bertz CT molecular complexity index is 740. The van der Waals surface area contributed by atoms with Crippen molar-refractivity contribution in [3.63, 3.8) is 0 Å². The first-order valence-corrected chi connectivity index (χ1v) is 7.44. The van der Waals surface area contributed by atoms with E-state index >= 15 is 0 Å². The van der Waals surface area contributed by atoms with Crippen LogP contribution in [0.5, 0.6) is 0 Å². The van der Waals surface area contributed by atoms with Crippen molar-refractivity contribution in [2.24, 2.45) is 7.05 Å². The Morgan fingerprint density at radius 2 is 2.13 bits per heavy atom. The van der Waals surface area contributed by atoms with Crippen molar-refractivity contribution in [3.8, 4) is 6.07 Å². The zero-order chi connectivity index (χ0) is 16.2. The van der Waals surface area contributed by atoms with Gasteiger partial charge in [-0.25, -0.2) is 9.97 Å². The van der Waals surface area contributed by atoms with E-state index in [2.05, 4.69) is 20.4 Å². The minimum Gasteiger partial charge on any atom is -0.348 e. The maximum Gasteiger partial charge on any atom is 0.269 e. The normalized spacial score (nSPS) is 15.2. The lowest BCUT2D eigenvalue weighted by molar-refractivity contribution is 0.0921. The largest absolute Gasteiger partial charge is 0.348 e. The molecule has 3 rings (SSSR count). The minimum atomic E-state index is -0.105. The van der Waals surface area contributed by atoms with E-state index in [1.807, 2.05) is 11.0 Å². The van der Waals surface area contributed by atoms with Crippen molar-refractivity contribution >= 4 is 11.9 Å². The molecule has 23 heavy (non-hydrogen) atoms. The number of hydrogen-bond donors (Lipinski definition) is 1. The molecule has 2 aromatic heterocycles. The van der Waals surface area contributed by atoms with Crippen LogP contribution < -0.4 is 10.2 Å². The fourth-order valence-corrected chi connectivity index (χ4v) is 2.64. The molecule has 118 valence electrons. The van der Waals surface area contributed by atoms with Crippen molar-refractivity contribution in [1.82, 2.24) is 25.1 Å². The lowest BCUT2D eigenvalue weighted by Gasteiger charge is -2.32. The number of hydrogen-bond acceptors (Lipinski definition) is 6. The van der Waals surface area contributed by atoms with E-state index in [4.69, 9.17) is 5.26 Å². The molecule has 0 spiro atoms. The topological polar surface area (TPSA) is 99.7 Å². The fraction of sp³-hybridized carbons (Fsp3) is 0.400. The number of nitrogens with zero attached hydrogens (tertiary/aromatic N) is 6. The SMILES string of the molecule is Cn1nccc1C(=O)NC1CCN(c2nccc(C#N)n2)CC1. The Morgan fingerprint density at radius 1 is 1.35 bits per heavy atom. The molecule has 0 bridgehead atoms. The van der Waals surface area contributed by atoms with E-state index in [1.54, 1.807) is 36.3 Å². The van der Waals surface area contributed by atoms with Gasteiger partial charge in [0, 0.05) is 38.6 Å². The standard InChI is InChI=1S/C15H17N7O/c1-21-13(3-7-18-21)14(23)19-11-4-8-22(9-5-11)15-17-6-2-12(10-16)20-15/h2-3,6-7,11H,4-5,8-9H2,1H3,(H,19,23). The van der Waals surface area contributed by atoms with Gasteiger partial charge in [-0.2, -0.15) is 10.4 Å². The quantitative estimate of drug-likeness (QED) is 0.885. The summed E-state index contributed by atoms with van der Waals surface area (Å²) in [7, 11) is 1.75. The van der Waals surface area contributed by atoms with E-state index in [9.17, 15) is 4.79 Å². The molecule has 2 aromatic rings. The second-order valence-electron chi connectivity index (χ2n) is 5.43. The van der Waals surface area contributed by atoms with Crippen LogP contribution in [0.3, 0.4) is 0 Å². The van der Waals surface area contributed by atoms with Crippen LogP contribution in [0.1, 0.15) is 29.0 Å². The zero-order valence-corrected chi connectivity index (χ0v) is 12.8. The van der Waals surface area contributed by atoms with Crippen LogP contribution >= 0.6 is 0 Å². The van der Waals surface area contributed by atoms with Gasteiger partial charge in [0.1, 0.15) is 17.5 Å². The Morgan fingerprint density at radius 3 is 2.78 bits per heavy atom.